The van der Waals surface area contributed by atoms with Gasteiger partial charge in [-0.15, -0.1) is 0 Å². The maximum atomic E-state index is 13.1. The Morgan fingerprint density at radius 2 is 1.62 bits per heavy atom. The first kappa shape index (κ1) is 22.1. The van der Waals surface area contributed by atoms with Crippen molar-refractivity contribution in [3.8, 4) is 11.1 Å². The van der Waals surface area contributed by atoms with Crippen LogP contribution in [0.25, 0.3) is 11.1 Å². The highest BCUT2D eigenvalue weighted by Gasteiger charge is 2.34. The molecule has 1 amide bonds. The zero-order chi connectivity index (χ0) is 22.8. The molecule has 164 valence electrons. The molecule has 3 aromatic rings. The Bertz CT molecular complexity index is 1130. The number of aliphatic carboxylic acids is 1. The maximum Gasteiger partial charge on any atom is 0.410 e. The molecule has 0 saturated carbocycles. The zero-order valence-electron chi connectivity index (χ0n) is 17.9. The third kappa shape index (κ3) is 4.02. The highest BCUT2D eigenvalue weighted by molar-refractivity contribution is 9.10. The Morgan fingerprint density at radius 3 is 2.16 bits per heavy atom. The fourth-order valence-electron chi connectivity index (χ4n) is 4.38. The third-order valence-electron chi connectivity index (χ3n) is 5.91. The summed E-state index contributed by atoms with van der Waals surface area (Å²) in [6.07, 6.45) is -0.644. The van der Waals surface area contributed by atoms with E-state index < -0.39 is 18.1 Å². The number of likely N-dealkylation sites (N-methyl/N-ethyl adjacent to an activating group) is 1. The number of ether oxygens (including phenoxy) is 1. The smallest absolute Gasteiger partial charge is 0.410 e. The van der Waals surface area contributed by atoms with E-state index in [1.807, 2.05) is 43.3 Å². The van der Waals surface area contributed by atoms with Gasteiger partial charge in [-0.1, -0.05) is 76.6 Å². The Morgan fingerprint density at radius 1 is 1.03 bits per heavy atom. The molecule has 0 heterocycles. The molecule has 1 aliphatic rings. The van der Waals surface area contributed by atoms with Gasteiger partial charge in [0.2, 0.25) is 0 Å². The van der Waals surface area contributed by atoms with E-state index >= 15 is 0 Å². The second kappa shape index (κ2) is 9.17. The van der Waals surface area contributed by atoms with Crippen LogP contribution in [0.5, 0.6) is 0 Å². The molecule has 0 saturated heterocycles. The quantitative estimate of drug-likeness (QED) is 0.446. The Balaban J connectivity index is 1.58. The highest BCUT2D eigenvalue weighted by atomic mass is 79.9. The van der Waals surface area contributed by atoms with E-state index in [-0.39, 0.29) is 19.1 Å². The van der Waals surface area contributed by atoms with Crippen LogP contribution in [0.1, 0.15) is 41.1 Å². The van der Waals surface area contributed by atoms with Gasteiger partial charge in [0.05, 0.1) is 0 Å². The fraction of sp³-hybridized carbons (Fsp3) is 0.231. The van der Waals surface area contributed by atoms with Crippen molar-refractivity contribution in [3.05, 3.63) is 93.5 Å². The summed E-state index contributed by atoms with van der Waals surface area (Å²) in [6.45, 7) is 4.02. The topological polar surface area (TPSA) is 66.8 Å². The first-order chi connectivity index (χ1) is 15.4. The molecule has 6 heteroatoms. The van der Waals surface area contributed by atoms with Crippen molar-refractivity contribution in [3.63, 3.8) is 0 Å². The average molecular weight is 494 g/mol. The van der Waals surface area contributed by atoms with Crippen LogP contribution in [-0.2, 0) is 9.53 Å². The van der Waals surface area contributed by atoms with Gasteiger partial charge in [0.1, 0.15) is 6.61 Å². The Kier molecular flexibility index (Phi) is 6.33. The van der Waals surface area contributed by atoms with Crippen molar-refractivity contribution in [1.29, 1.82) is 0 Å². The number of rotatable bonds is 6. The van der Waals surface area contributed by atoms with E-state index in [1.54, 1.807) is 13.0 Å². The molecule has 0 radical (unpaired) electrons. The summed E-state index contributed by atoms with van der Waals surface area (Å²) in [4.78, 5) is 26.5. The average Bonchev–Trinajstić information content (AvgIpc) is 3.10. The summed E-state index contributed by atoms with van der Waals surface area (Å²) in [5, 5.41) is 9.94. The minimum absolute atomic E-state index is 0.0838. The van der Waals surface area contributed by atoms with Crippen LogP contribution < -0.4 is 0 Å². The molecular weight excluding hydrogens is 470 g/mol. The Hall–Kier alpha value is -3.12. The van der Waals surface area contributed by atoms with Crippen LogP contribution in [0.15, 0.2) is 71.2 Å². The fourth-order valence-corrected chi connectivity index (χ4v) is 5.09. The molecule has 1 atom stereocenters. The van der Waals surface area contributed by atoms with Gasteiger partial charge in [-0.3, -0.25) is 4.90 Å². The van der Waals surface area contributed by atoms with E-state index in [9.17, 15) is 14.7 Å². The maximum absolute atomic E-state index is 13.1. The summed E-state index contributed by atoms with van der Waals surface area (Å²) in [5.41, 5.74) is 6.01. The van der Waals surface area contributed by atoms with Crippen LogP contribution in [0.2, 0.25) is 0 Å². The lowest BCUT2D eigenvalue weighted by Crippen LogP contribution is -2.39. The minimum Gasteiger partial charge on any atom is -0.479 e. The van der Waals surface area contributed by atoms with Crippen LogP contribution in [0.4, 0.5) is 4.79 Å². The molecule has 32 heavy (non-hydrogen) atoms. The van der Waals surface area contributed by atoms with Crippen LogP contribution >= 0.6 is 15.9 Å². The van der Waals surface area contributed by atoms with E-state index in [0.29, 0.717) is 10.0 Å². The second-order valence-electron chi connectivity index (χ2n) is 7.86. The van der Waals surface area contributed by atoms with Crippen molar-refractivity contribution in [2.75, 3.05) is 13.2 Å². The van der Waals surface area contributed by atoms with Crippen LogP contribution in [-0.4, -0.2) is 35.2 Å². The number of carbonyl (C=O) groups is 2. The number of fused-ring (bicyclic) bond motifs is 3. The van der Waals surface area contributed by atoms with E-state index in [0.717, 1.165) is 27.8 Å². The molecule has 0 bridgehead atoms. The second-order valence-corrected chi connectivity index (χ2v) is 8.71. The summed E-state index contributed by atoms with van der Waals surface area (Å²) < 4.78 is 6.37. The minimum atomic E-state index is -1.15. The number of hydrogen-bond acceptors (Lipinski definition) is 3. The number of carboxylic acid groups (broad SMARTS) is 1. The van der Waals surface area contributed by atoms with Gasteiger partial charge in [-0.05, 0) is 47.7 Å². The van der Waals surface area contributed by atoms with Crippen LogP contribution in [0, 0.1) is 6.92 Å². The predicted molar refractivity (Wildman–Crippen MR) is 127 cm³/mol. The number of nitrogens with zero attached hydrogens (tertiary/aromatic N) is 1. The molecule has 0 fully saturated rings. The molecule has 0 aromatic heterocycles. The SMILES string of the molecule is CCN(C(=O)OCC1c2ccccc2-c2ccccc21)C(C(=O)O)c1ccc(C)cc1Br. The molecule has 5 nitrogen and oxygen atoms in total. The van der Waals surface area contributed by atoms with Gasteiger partial charge in [0.25, 0.3) is 0 Å². The molecule has 3 aromatic carbocycles. The first-order valence-electron chi connectivity index (χ1n) is 10.5. The number of carboxylic acids is 1. The molecule has 1 unspecified atom stereocenters. The monoisotopic (exact) mass is 493 g/mol. The number of aryl methyl sites for hydroxylation is 1. The van der Waals surface area contributed by atoms with Gasteiger partial charge in [0, 0.05) is 22.5 Å². The van der Waals surface area contributed by atoms with Crippen molar-refractivity contribution in [2.45, 2.75) is 25.8 Å². The van der Waals surface area contributed by atoms with E-state index in [4.69, 9.17) is 4.74 Å². The molecule has 1 aliphatic carbocycles. The summed E-state index contributed by atoms with van der Waals surface area (Å²) >= 11 is 3.45. The summed E-state index contributed by atoms with van der Waals surface area (Å²) in [6, 6.07) is 20.5. The predicted octanol–water partition coefficient (Wildman–Crippen LogP) is 6.15. The lowest BCUT2D eigenvalue weighted by atomic mass is 9.98. The van der Waals surface area contributed by atoms with Gasteiger partial charge in [-0.2, -0.15) is 0 Å². The van der Waals surface area contributed by atoms with Gasteiger partial charge >= 0.3 is 12.1 Å². The van der Waals surface area contributed by atoms with Crippen molar-refractivity contribution >= 4 is 28.0 Å². The first-order valence-corrected chi connectivity index (χ1v) is 11.3. The van der Waals surface area contributed by atoms with E-state index in [2.05, 4.69) is 40.2 Å². The van der Waals surface area contributed by atoms with Crippen molar-refractivity contribution in [1.82, 2.24) is 4.90 Å². The largest absolute Gasteiger partial charge is 0.479 e. The van der Waals surface area contributed by atoms with Crippen LogP contribution in [0.3, 0.4) is 0 Å². The third-order valence-corrected chi connectivity index (χ3v) is 6.59. The number of halogens is 1. The highest BCUT2D eigenvalue weighted by Crippen LogP contribution is 2.44. The van der Waals surface area contributed by atoms with Crippen molar-refractivity contribution in [2.24, 2.45) is 0 Å². The van der Waals surface area contributed by atoms with Gasteiger partial charge < -0.3 is 9.84 Å². The summed E-state index contributed by atoms with van der Waals surface area (Å²) in [7, 11) is 0. The normalized spacial score (nSPS) is 13.2. The lowest BCUT2D eigenvalue weighted by molar-refractivity contribution is -0.143. The zero-order valence-corrected chi connectivity index (χ0v) is 19.5. The number of hydrogen-bond donors (Lipinski definition) is 1. The number of benzene rings is 3. The molecular formula is C26H24BrNO4. The Labute approximate surface area is 195 Å². The number of carbonyl (C=O) groups excluding carboxylic acids is 1. The summed E-state index contributed by atoms with van der Waals surface area (Å²) in [5.74, 6) is -1.19. The van der Waals surface area contributed by atoms with E-state index in [1.165, 1.54) is 4.90 Å². The van der Waals surface area contributed by atoms with Gasteiger partial charge in [0.15, 0.2) is 6.04 Å². The number of amides is 1. The van der Waals surface area contributed by atoms with Gasteiger partial charge in [-0.25, -0.2) is 9.59 Å². The molecule has 4 rings (SSSR count). The molecule has 0 aliphatic heterocycles. The standard InChI is InChI=1S/C26H24BrNO4/c1-3-28(24(25(29)30)21-13-12-16(2)14-23(21)27)26(31)32-15-22-19-10-6-4-8-17(19)18-9-5-7-11-20(18)22/h4-14,22,24H,3,15H2,1-2H3,(H,29,30). The lowest BCUT2D eigenvalue weighted by Gasteiger charge is -2.28. The van der Waals surface area contributed by atoms with Crippen molar-refractivity contribution < 1.29 is 19.4 Å². The molecule has 1 N–H and O–H groups in total. The molecule has 0 spiro atoms.